The molecule has 0 fully saturated rings. The van der Waals surface area contributed by atoms with Crippen LogP contribution in [0.3, 0.4) is 0 Å². The quantitative estimate of drug-likeness (QED) is 0.576. The fraction of sp³-hybridized carbons (Fsp3) is 0.250. The summed E-state index contributed by atoms with van der Waals surface area (Å²) in [7, 11) is 0. The highest BCUT2D eigenvalue weighted by Crippen LogP contribution is 2.03. The van der Waals surface area contributed by atoms with Crippen LogP contribution in [0.15, 0.2) is 18.3 Å². The van der Waals surface area contributed by atoms with Crippen LogP contribution in [0.25, 0.3) is 0 Å². The summed E-state index contributed by atoms with van der Waals surface area (Å²) in [5.74, 6) is 6.40. The Labute approximate surface area is 98.9 Å². The topological polar surface area (TPSA) is 53.8 Å². The normalized spacial score (nSPS) is 8.75. The summed E-state index contributed by atoms with van der Waals surface area (Å²) in [5.41, 5.74) is 0.979. The van der Waals surface area contributed by atoms with Gasteiger partial charge in [-0.15, -0.1) is 0 Å². The van der Waals surface area contributed by atoms with E-state index < -0.39 is 0 Å². The van der Waals surface area contributed by atoms with Crippen molar-refractivity contribution in [3.05, 3.63) is 29.6 Å². The molecule has 0 radical (unpaired) electrons. The molecule has 1 heterocycles. The van der Waals surface area contributed by atoms with E-state index in [1.807, 2.05) is 6.07 Å². The molecule has 0 aliphatic rings. The first kappa shape index (κ1) is 12.3. The molecule has 3 nitrogen and oxygen atoms in total. The van der Waals surface area contributed by atoms with Crippen molar-refractivity contribution in [1.82, 2.24) is 4.98 Å². The van der Waals surface area contributed by atoms with E-state index >= 15 is 0 Å². The highest BCUT2D eigenvalue weighted by molar-refractivity contribution is 8.13. The van der Waals surface area contributed by atoms with E-state index in [1.165, 1.54) is 18.7 Å². The number of nitriles is 1. The van der Waals surface area contributed by atoms with Gasteiger partial charge in [-0.05, 0) is 18.1 Å². The molecule has 0 unspecified atom stereocenters. The van der Waals surface area contributed by atoms with Gasteiger partial charge in [-0.3, -0.25) is 4.79 Å². The predicted molar refractivity (Wildman–Crippen MR) is 63.6 cm³/mol. The standard InChI is InChI=1S/C12H10N2OS/c1-10(15)16-8-3-2-6-12-11(9-13)5-4-7-14-12/h4-5,7H,3,8H2,1H3. The third-order valence-corrected chi connectivity index (χ3v) is 2.48. The van der Waals surface area contributed by atoms with Crippen LogP contribution in [0.1, 0.15) is 24.6 Å². The van der Waals surface area contributed by atoms with Crippen LogP contribution in [0.5, 0.6) is 0 Å². The number of thioether (sulfide) groups is 1. The molecule has 0 aromatic carbocycles. The first-order valence-electron chi connectivity index (χ1n) is 4.71. The SMILES string of the molecule is CC(=O)SCCC#Cc1ncccc1C#N. The molecule has 1 aromatic heterocycles. The van der Waals surface area contributed by atoms with Crippen LogP contribution >= 0.6 is 11.8 Å². The number of carbonyl (C=O) groups is 1. The van der Waals surface area contributed by atoms with Gasteiger partial charge in [0.2, 0.25) is 0 Å². The first-order valence-corrected chi connectivity index (χ1v) is 5.70. The van der Waals surface area contributed by atoms with Crippen LogP contribution < -0.4 is 0 Å². The zero-order valence-electron chi connectivity index (χ0n) is 8.86. The summed E-state index contributed by atoms with van der Waals surface area (Å²) in [5, 5.41) is 8.88. The van der Waals surface area contributed by atoms with Gasteiger partial charge in [0, 0.05) is 25.3 Å². The summed E-state index contributed by atoms with van der Waals surface area (Å²) in [4.78, 5) is 14.6. The van der Waals surface area contributed by atoms with Crippen molar-refractivity contribution < 1.29 is 4.79 Å². The Hall–Kier alpha value is -1.78. The molecule has 0 spiro atoms. The Morgan fingerprint density at radius 3 is 3.12 bits per heavy atom. The first-order chi connectivity index (χ1) is 7.74. The highest BCUT2D eigenvalue weighted by atomic mass is 32.2. The van der Waals surface area contributed by atoms with E-state index in [0.29, 0.717) is 23.4 Å². The van der Waals surface area contributed by atoms with Crippen LogP contribution in [-0.2, 0) is 4.79 Å². The molecule has 0 atom stereocenters. The molecule has 80 valence electrons. The van der Waals surface area contributed by atoms with Gasteiger partial charge in [0.25, 0.3) is 0 Å². The summed E-state index contributed by atoms with van der Waals surface area (Å²) in [6.07, 6.45) is 2.22. The largest absolute Gasteiger partial charge is 0.288 e. The van der Waals surface area contributed by atoms with E-state index in [1.54, 1.807) is 18.3 Å². The van der Waals surface area contributed by atoms with Crippen molar-refractivity contribution in [3.8, 4) is 17.9 Å². The average molecular weight is 230 g/mol. The van der Waals surface area contributed by atoms with Gasteiger partial charge in [0.15, 0.2) is 5.12 Å². The average Bonchev–Trinajstić information content (AvgIpc) is 2.29. The molecule has 0 N–H and O–H groups in total. The van der Waals surface area contributed by atoms with E-state index in [-0.39, 0.29) is 5.12 Å². The Morgan fingerprint density at radius 1 is 1.62 bits per heavy atom. The van der Waals surface area contributed by atoms with E-state index in [4.69, 9.17) is 5.26 Å². The molecule has 4 heteroatoms. The molecule has 0 amide bonds. The molecule has 0 saturated carbocycles. The molecular weight excluding hydrogens is 220 g/mol. The molecule has 0 aliphatic heterocycles. The van der Waals surface area contributed by atoms with Crippen molar-refractivity contribution in [2.75, 3.05) is 5.75 Å². The Balaban J connectivity index is 2.57. The van der Waals surface area contributed by atoms with Gasteiger partial charge >= 0.3 is 0 Å². The maximum Gasteiger partial charge on any atom is 0.185 e. The second-order valence-corrected chi connectivity index (χ2v) is 4.18. The van der Waals surface area contributed by atoms with Crippen molar-refractivity contribution >= 4 is 16.9 Å². The molecule has 1 rings (SSSR count). The number of rotatable bonds is 2. The van der Waals surface area contributed by atoms with Gasteiger partial charge in [0.05, 0.1) is 5.56 Å². The summed E-state index contributed by atoms with van der Waals surface area (Å²) >= 11 is 1.25. The molecule has 1 aromatic rings. The van der Waals surface area contributed by atoms with Crippen molar-refractivity contribution in [2.45, 2.75) is 13.3 Å². The van der Waals surface area contributed by atoms with Crippen LogP contribution in [0, 0.1) is 23.2 Å². The predicted octanol–water partition coefficient (Wildman–Crippen LogP) is 1.97. The monoisotopic (exact) mass is 230 g/mol. The third kappa shape index (κ3) is 4.16. The highest BCUT2D eigenvalue weighted by Gasteiger charge is 1.97. The van der Waals surface area contributed by atoms with E-state index in [0.717, 1.165) is 0 Å². The zero-order chi connectivity index (χ0) is 11.8. The number of aromatic nitrogens is 1. The molecular formula is C12H10N2OS. The Morgan fingerprint density at radius 2 is 2.44 bits per heavy atom. The number of nitrogens with zero attached hydrogens (tertiary/aromatic N) is 2. The number of carbonyl (C=O) groups excluding carboxylic acids is 1. The Kier molecular flexibility index (Phi) is 5.11. The van der Waals surface area contributed by atoms with Crippen molar-refractivity contribution in [2.24, 2.45) is 0 Å². The second-order valence-electron chi connectivity index (χ2n) is 2.90. The van der Waals surface area contributed by atoms with Crippen LogP contribution in [-0.4, -0.2) is 15.9 Å². The van der Waals surface area contributed by atoms with Gasteiger partial charge < -0.3 is 0 Å². The fourth-order valence-corrected chi connectivity index (χ4v) is 1.48. The Bertz CT molecular complexity index is 480. The maximum absolute atomic E-state index is 10.6. The second kappa shape index (κ2) is 6.66. The van der Waals surface area contributed by atoms with Gasteiger partial charge in [-0.1, -0.05) is 17.7 Å². The number of hydrogen-bond acceptors (Lipinski definition) is 4. The third-order valence-electron chi connectivity index (χ3n) is 1.67. The maximum atomic E-state index is 10.6. The van der Waals surface area contributed by atoms with E-state index in [2.05, 4.69) is 16.8 Å². The number of pyridine rings is 1. The van der Waals surface area contributed by atoms with Gasteiger partial charge in [-0.25, -0.2) is 4.98 Å². The number of hydrogen-bond donors (Lipinski definition) is 0. The van der Waals surface area contributed by atoms with Crippen molar-refractivity contribution in [1.29, 1.82) is 5.26 Å². The minimum atomic E-state index is 0.0948. The molecule has 16 heavy (non-hydrogen) atoms. The lowest BCUT2D eigenvalue weighted by atomic mass is 10.2. The van der Waals surface area contributed by atoms with Crippen LogP contribution in [0.2, 0.25) is 0 Å². The summed E-state index contributed by atoms with van der Waals surface area (Å²) in [6, 6.07) is 5.42. The molecule has 0 bridgehead atoms. The summed E-state index contributed by atoms with van der Waals surface area (Å²) < 4.78 is 0. The smallest absolute Gasteiger partial charge is 0.185 e. The van der Waals surface area contributed by atoms with Gasteiger partial charge in [0.1, 0.15) is 11.8 Å². The van der Waals surface area contributed by atoms with Crippen molar-refractivity contribution in [3.63, 3.8) is 0 Å². The molecule has 0 saturated heterocycles. The summed E-state index contributed by atoms with van der Waals surface area (Å²) in [6.45, 7) is 1.53. The minimum Gasteiger partial charge on any atom is -0.288 e. The van der Waals surface area contributed by atoms with E-state index in [9.17, 15) is 4.79 Å². The molecule has 0 aliphatic carbocycles. The zero-order valence-corrected chi connectivity index (χ0v) is 9.67. The minimum absolute atomic E-state index is 0.0948. The fourth-order valence-electron chi connectivity index (χ4n) is 0.987. The lowest BCUT2D eigenvalue weighted by molar-refractivity contribution is -0.109. The lowest BCUT2D eigenvalue weighted by Gasteiger charge is -1.92. The van der Waals surface area contributed by atoms with Crippen LogP contribution in [0.4, 0.5) is 0 Å². The van der Waals surface area contributed by atoms with Gasteiger partial charge in [-0.2, -0.15) is 5.26 Å². The lowest BCUT2D eigenvalue weighted by Crippen LogP contribution is -1.88.